The Morgan fingerprint density at radius 1 is 0.821 bits per heavy atom. The molecule has 0 aliphatic heterocycles. The third kappa shape index (κ3) is 16.0. The summed E-state index contributed by atoms with van der Waals surface area (Å²) in [6.45, 7) is 0.0715. The first-order valence-electron chi connectivity index (χ1n) is 12.1. The smallest absolute Gasteiger partial charge is 0.327 e. The molecule has 0 radical (unpaired) electrons. The van der Waals surface area contributed by atoms with E-state index in [9.17, 15) is 28.8 Å². The van der Waals surface area contributed by atoms with Gasteiger partial charge in [-0.25, -0.2) is 4.79 Å². The molecule has 39 heavy (non-hydrogen) atoms. The summed E-state index contributed by atoms with van der Waals surface area (Å²) in [5.41, 5.74) is 21.7. The van der Waals surface area contributed by atoms with Crippen molar-refractivity contribution < 1.29 is 39.0 Å². The summed E-state index contributed by atoms with van der Waals surface area (Å²) in [5.74, 6) is -6.51. The first-order chi connectivity index (χ1) is 18.3. The lowest BCUT2D eigenvalue weighted by Crippen LogP contribution is -2.57. The molecule has 0 aromatic carbocycles. The van der Waals surface area contributed by atoms with Gasteiger partial charge in [0.1, 0.15) is 18.1 Å². The topological polar surface area (TPSA) is 307 Å². The van der Waals surface area contributed by atoms with E-state index in [2.05, 4.69) is 38.9 Å². The maximum absolute atomic E-state index is 12.9. The Labute approximate surface area is 230 Å². The first kappa shape index (κ1) is 35.4. The van der Waals surface area contributed by atoms with Gasteiger partial charge in [-0.1, -0.05) is 0 Å². The standard InChI is InChI=1S/C21H39N9O8S/c22-6-2-1-5-12(28-15(31)9-27-17(34)11(23)4-3-7-26-21(24)25)18(35)29-13(8-16(32)33)19(36)30-14(10-39)20(37)38/h11-14,39H,1-10,22-23H2,(H,27,34)(H,28,31)(H,29,35)(H,30,36)(H,32,33)(H,37,38)(H4,24,25,26). The first-order valence-corrected chi connectivity index (χ1v) is 12.7. The van der Waals surface area contributed by atoms with Crippen molar-refractivity contribution in [2.45, 2.75) is 62.7 Å². The predicted octanol–water partition coefficient (Wildman–Crippen LogP) is -4.44. The van der Waals surface area contributed by atoms with Crippen LogP contribution in [-0.2, 0) is 28.8 Å². The van der Waals surface area contributed by atoms with E-state index in [0.29, 0.717) is 25.8 Å². The van der Waals surface area contributed by atoms with Crippen LogP contribution in [0.3, 0.4) is 0 Å². The Balaban J connectivity index is 5.22. The molecule has 0 heterocycles. The molecule has 17 nitrogen and oxygen atoms in total. The number of amides is 4. The van der Waals surface area contributed by atoms with Gasteiger partial charge in [0.25, 0.3) is 0 Å². The fourth-order valence-corrected chi connectivity index (χ4v) is 3.32. The van der Waals surface area contributed by atoms with Crippen molar-refractivity contribution in [3.8, 4) is 0 Å². The molecule has 0 saturated heterocycles. The van der Waals surface area contributed by atoms with E-state index in [4.69, 9.17) is 33.1 Å². The minimum absolute atomic E-state index is 0.0861. The van der Waals surface area contributed by atoms with E-state index < -0.39 is 72.7 Å². The Morgan fingerprint density at radius 3 is 1.97 bits per heavy atom. The van der Waals surface area contributed by atoms with E-state index in [-0.39, 0.29) is 31.1 Å². The van der Waals surface area contributed by atoms with Crippen molar-refractivity contribution >= 4 is 54.2 Å². The number of nitrogens with one attached hydrogen (secondary N) is 4. The number of guanidine groups is 1. The second kappa shape index (κ2) is 19.4. The third-order valence-electron chi connectivity index (χ3n) is 5.14. The number of thiol groups is 1. The number of carboxylic acid groups (broad SMARTS) is 2. The number of aliphatic carboxylic acids is 2. The summed E-state index contributed by atoms with van der Waals surface area (Å²) < 4.78 is 0. The molecule has 222 valence electrons. The number of rotatable bonds is 20. The minimum atomic E-state index is -1.64. The zero-order valence-electron chi connectivity index (χ0n) is 21.4. The maximum Gasteiger partial charge on any atom is 0.327 e. The average molecular weight is 578 g/mol. The van der Waals surface area contributed by atoms with Crippen LogP contribution in [0.15, 0.2) is 4.99 Å². The molecule has 4 unspecified atom stereocenters. The van der Waals surface area contributed by atoms with E-state index in [1.807, 2.05) is 0 Å². The molecule has 0 spiro atoms. The Bertz CT molecular complexity index is 885. The number of carbonyl (C=O) groups is 6. The summed E-state index contributed by atoms with van der Waals surface area (Å²) in [5, 5.41) is 27.4. The molecule has 14 N–H and O–H groups in total. The quantitative estimate of drug-likeness (QED) is 0.0282. The van der Waals surface area contributed by atoms with Crippen molar-refractivity contribution in [2.75, 3.05) is 25.4 Å². The second-order valence-corrected chi connectivity index (χ2v) is 8.78. The Hall–Kier alpha value is -3.64. The van der Waals surface area contributed by atoms with E-state index in [0.717, 1.165) is 0 Å². The fourth-order valence-electron chi connectivity index (χ4n) is 3.07. The highest BCUT2D eigenvalue weighted by molar-refractivity contribution is 7.80. The molecule has 4 atom stereocenters. The number of aliphatic imine (C=N–C) groups is 1. The molecule has 0 rings (SSSR count). The fraction of sp³-hybridized carbons (Fsp3) is 0.667. The normalized spacial score (nSPS) is 13.6. The van der Waals surface area contributed by atoms with Crippen molar-refractivity contribution in [3.63, 3.8) is 0 Å². The second-order valence-electron chi connectivity index (χ2n) is 8.42. The summed E-state index contributed by atoms with van der Waals surface area (Å²) in [6, 6.07) is -5.20. The van der Waals surface area contributed by atoms with Crippen LogP contribution in [0.4, 0.5) is 0 Å². The van der Waals surface area contributed by atoms with Crippen LogP contribution >= 0.6 is 12.6 Å². The van der Waals surface area contributed by atoms with Crippen LogP contribution in [0.5, 0.6) is 0 Å². The number of nitrogens with zero attached hydrogens (tertiary/aromatic N) is 1. The minimum Gasteiger partial charge on any atom is -0.481 e. The molecular weight excluding hydrogens is 538 g/mol. The molecule has 0 aliphatic rings. The number of nitrogens with two attached hydrogens (primary N) is 4. The van der Waals surface area contributed by atoms with Gasteiger partial charge in [0, 0.05) is 12.3 Å². The lowest BCUT2D eigenvalue weighted by molar-refractivity contribution is -0.143. The van der Waals surface area contributed by atoms with Gasteiger partial charge in [0.15, 0.2) is 5.96 Å². The summed E-state index contributed by atoms with van der Waals surface area (Å²) >= 11 is 3.82. The number of hydrogen-bond acceptors (Lipinski definition) is 10. The van der Waals surface area contributed by atoms with Gasteiger partial charge in [0.2, 0.25) is 23.6 Å². The van der Waals surface area contributed by atoms with Gasteiger partial charge in [0.05, 0.1) is 19.0 Å². The van der Waals surface area contributed by atoms with E-state index >= 15 is 0 Å². The number of unbranched alkanes of at least 4 members (excludes halogenated alkanes) is 1. The zero-order valence-corrected chi connectivity index (χ0v) is 22.3. The summed E-state index contributed by atoms with van der Waals surface area (Å²) in [6.07, 6.45) is 0.816. The van der Waals surface area contributed by atoms with Gasteiger partial charge in [-0.2, -0.15) is 12.6 Å². The average Bonchev–Trinajstić information content (AvgIpc) is 2.86. The molecule has 4 amide bonds. The number of carboxylic acids is 2. The summed E-state index contributed by atoms with van der Waals surface area (Å²) in [4.78, 5) is 76.2. The Morgan fingerprint density at radius 2 is 1.44 bits per heavy atom. The molecule has 18 heteroatoms. The highest BCUT2D eigenvalue weighted by Crippen LogP contribution is 2.04. The maximum atomic E-state index is 12.9. The Kier molecular flexibility index (Phi) is 17.6. The van der Waals surface area contributed by atoms with Gasteiger partial charge in [-0.3, -0.25) is 29.0 Å². The monoisotopic (exact) mass is 577 g/mol. The van der Waals surface area contributed by atoms with Crippen LogP contribution in [0.2, 0.25) is 0 Å². The predicted molar refractivity (Wildman–Crippen MR) is 143 cm³/mol. The SMILES string of the molecule is NCCCCC(NC(=O)CNC(=O)C(N)CCCN=C(N)N)C(=O)NC(CC(=O)O)C(=O)NC(CS)C(=O)O. The lowest BCUT2D eigenvalue weighted by atomic mass is 10.1. The van der Waals surface area contributed by atoms with Crippen LogP contribution in [0.1, 0.15) is 38.5 Å². The van der Waals surface area contributed by atoms with Crippen molar-refractivity contribution in [3.05, 3.63) is 0 Å². The highest BCUT2D eigenvalue weighted by Gasteiger charge is 2.30. The third-order valence-corrected chi connectivity index (χ3v) is 5.50. The largest absolute Gasteiger partial charge is 0.481 e. The summed E-state index contributed by atoms with van der Waals surface area (Å²) in [7, 11) is 0. The van der Waals surface area contributed by atoms with Crippen molar-refractivity contribution in [1.29, 1.82) is 0 Å². The van der Waals surface area contributed by atoms with E-state index in [1.54, 1.807) is 0 Å². The van der Waals surface area contributed by atoms with Gasteiger partial charge in [-0.15, -0.1) is 0 Å². The van der Waals surface area contributed by atoms with Crippen LogP contribution in [-0.4, -0.2) is 101 Å². The van der Waals surface area contributed by atoms with Gasteiger partial charge < -0.3 is 54.4 Å². The van der Waals surface area contributed by atoms with Crippen LogP contribution in [0.25, 0.3) is 0 Å². The molecule has 0 aromatic rings. The number of hydrogen-bond donors (Lipinski definition) is 11. The molecule has 0 saturated carbocycles. The molecule has 0 bridgehead atoms. The lowest BCUT2D eigenvalue weighted by Gasteiger charge is -2.23. The van der Waals surface area contributed by atoms with Gasteiger partial charge in [-0.05, 0) is 38.6 Å². The molecular formula is C21H39N9O8S. The van der Waals surface area contributed by atoms with Crippen molar-refractivity contribution in [1.82, 2.24) is 21.3 Å². The van der Waals surface area contributed by atoms with E-state index in [1.165, 1.54) is 0 Å². The molecule has 0 aromatic heterocycles. The molecule has 0 fully saturated rings. The van der Waals surface area contributed by atoms with Crippen LogP contribution < -0.4 is 44.2 Å². The van der Waals surface area contributed by atoms with Crippen molar-refractivity contribution in [2.24, 2.45) is 27.9 Å². The zero-order chi connectivity index (χ0) is 30.0. The van der Waals surface area contributed by atoms with Gasteiger partial charge >= 0.3 is 11.9 Å². The molecule has 0 aliphatic carbocycles. The number of carbonyl (C=O) groups excluding carboxylic acids is 4. The van der Waals surface area contributed by atoms with Crippen LogP contribution in [0, 0.1) is 0 Å². The highest BCUT2D eigenvalue weighted by atomic mass is 32.1.